The number of aliphatic hydroxyl groups excluding tert-OH is 1. The number of aliphatic hydroxyl groups is 1. The van der Waals surface area contributed by atoms with Crippen molar-refractivity contribution in [3.8, 4) is 5.69 Å². The molecule has 1 aromatic heterocycles. The van der Waals surface area contributed by atoms with E-state index < -0.39 is 0 Å². The van der Waals surface area contributed by atoms with E-state index in [1.807, 2.05) is 41.8 Å². The number of aromatic nitrogens is 2. The molecule has 0 saturated heterocycles. The van der Waals surface area contributed by atoms with Gasteiger partial charge in [-0.1, -0.05) is 18.2 Å². The van der Waals surface area contributed by atoms with Crippen molar-refractivity contribution in [3.63, 3.8) is 0 Å². The molecule has 2 aromatic rings. The highest BCUT2D eigenvalue weighted by Gasteiger charge is 2.06. The Morgan fingerprint density at radius 1 is 1.29 bits per heavy atom. The summed E-state index contributed by atoms with van der Waals surface area (Å²) in [4.78, 5) is 4.17. The van der Waals surface area contributed by atoms with Gasteiger partial charge in [0.25, 0.3) is 0 Å². The molecule has 0 aliphatic rings. The third-order valence-corrected chi connectivity index (χ3v) is 2.19. The van der Waals surface area contributed by atoms with Crippen LogP contribution in [0.4, 0.5) is 0 Å². The van der Waals surface area contributed by atoms with Gasteiger partial charge < -0.3 is 5.11 Å². The SMILES string of the molecule is Cc1ncc(CO)n1-c1ccccc1. The van der Waals surface area contributed by atoms with Gasteiger partial charge in [0, 0.05) is 5.69 Å². The first-order chi connectivity index (χ1) is 6.83. The van der Waals surface area contributed by atoms with E-state index in [1.165, 1.54) is 0 Å². The van der Waals surface area contributed by atoms with Gasteiger partial charge in [0.2, 0.25) is 0 Å². The highest BCUT2D eigenvalue weighted by atomic mass is 16.3. The first-order valence-corrected chi connectivity index (χ1v) is 4.52. The molecule has 1 heterocycles. The molecule has 3 heteroatoms. The zero-order valence-electron chi connectivity index (χ0n) is 8.01. The number of benzene rings is 1. The zero-order valence-corrected chi connectivity index (χ0v) is 8.01. The molecule has 2 rings (SSSR count). The Morgan fingerprint density at radius 3 is 2.64 bits per heavy atom. The van der Waals surface area contributed by atoms with Crippen molar-refractivity contribution in [2.24, 2.45) is 0 Å². The number of rotatable bonds is 2. The van der Waals surface area contributed by atoms with Crippen LogP contribution >= 0.6 is 0 Å². The van der Waals surface area contributed by atoms with E-state index in [9.17, 15) is 0 Å². The maximum atomic E-state index is 9.13. The molecule has 0 fully saturated rings. The van der Waals surface area contributed by atoms with E-state index >= 15 is 0 Å². The summed E-state index contributed by atoms with van der Waals surface area (Å²) in [5.41, 5.74) is 1.85. The Hall–Kier alpha value is -1.61. The highest BCUT2D eigenvalue weighted by molar-refractivity contribution is 5.34. The Balaban J connectivity index is 2.55. The number of nitrogens with zero attached hydrogens (tertiary/aromatic N) is 2. The molecule has 0 radical (unpaired) electrons. The van der Waals surface area contributed by atoms with Crippen molar-refractivity contribution in [1.29, 1.82) is 0 Å². The topological polar surface area (TPSA) is 38.1 Å². The summed E-state index contributed by atoms with van der Waals surface area (Å²) in [6.45, 7) is 1.93. The maximum absolute atomic E-state index is 9.13. The largest absolute Gasteiger partial charge is 0.390 e. The van der Waals surface area contributed by atoms with Crippen LogP contribution in [0.25, 0.3) is 5.69 Å². The summed E-state index contributed by atoms with van der Waals surface area (Å²) in [7, 11) is 0. The Bertz CT molecular complexity index is 420. The summed E-state index contributed by atoms with van der Waals surface area (Å²) in [6, 6.07) is 9.89. The number of hydrogen-bond donors (Lipinski definition) is 1. The number of imidazole rings is 1. The van der Waals surface area contributed by atoms with Crippen LogP contribution in [-0.4, -0.2) is 14.7 Å². The number of para-hydroxylation sites is 1. The average Bonchev–Trinajstić information content (AvgIpc) is 2.61. The molecule has 1 N–H and O–H groups in total. The Labute approximate surface area is 82.7 Å². The molecule has 14 heavy (non-hydrogen) atoms. The van der Waals surface area contributed by atoms with E-state index in [0.29, 0.717) is 0 Å². The first-order valence-electron chi connectivity index (χ1n) is 4.52. The standard InChI is InChI=1S/C11H12N2O/c1-9-12-7-11(8-14)13(9)10-5-3-2-4-6-10/h2-7,14H,8H2,1H3. The molecular formula is C11H12N2O. The minimum atomic E-state index is 0.00966. The normalized spacial score (nSPS) is 10.4. The van der Waals surface area contributed by atoms with E-state index in [2.05, 4.69) is 4.98 Å². The third kappa shape index (κ3) is 1.42. The fraction of sp³-hybridized carbons (Fsp3) is 0.182. The number of aryl methyl sites for hydroxylation is 1. The quantitative estimate of drug-likeness (QED) is 0.778. The second-order valence-electron chi connectivity index (χ2n) is 3.13. The molecule has 0 aliphatic heterocycles. The Kier molecular flexibility index (Phi) is 2.33. The van der Waals surface area contributed by atoms with E-state index in [4.69, 9.17) is 5.11 Å². The monoisotopic (exact) mass is 188 g/mol. The van der Waals surface area contributed by atoms with Crippen LogP contribution in [0, 0.1) is 6.92 Å². The molecule has 0 unspecified atom stereocenters. The van der Waals surface area contributed by atoms with Gasteiger partial charge in [-0.25, -0.2) is 4.98 Å². The fourth-order valence-corrected chi connectivity index (χ4v) is 1.53. The zero-order chi connectivity index (χ0) is 9.97. The molecule has 0 spiro atoms. The van der Waals surface area contributed by atoms with E-state index in [-0.39, 0.29) is 6.61 Å². The summed E-state index contributed by atoms with van der Waals surface area (Å²) in [5.74, 6) is 0.889. The molecular weight excluding hydrogens is 176 g/mol. The van der Waals surface area contributed by atoms with E-state index in [0.717, 1.165) is 17.2 Å². The molecule has 0 aliphatic carbocycles. The van der Waals surface area contributed by atoms with Crippen LogP contribution in [0.1, 0.15) is 11.5 Å². The van der Waals surface area contributed by atoms with Gasteiger partial charge in [0.15, 0.2) is 0 Å². The van der Waals surface area contributed by atoms with Crippen molar-refractivity contribution in [3.05, 3.63) is 48.0 Å². The molecule has 72 valence electrons. The minimum Gasteiger partial charge on any atom is -0.390 e. The highest BCUT2D eigenvalue weighted by Crippen LogP contribution is 2.13. The van der Waals surface area contributed by atoms with Crippen LogP contribution < -0.4 is 0 Å². The molecule has 0 amide bonds. The summed E-state index contributed by atoms with van der Waals surface area (Å²) < 4.78 is 1.94. The predicted octanol–water partition coefficient (Wildman–Crippen LogP) is 1.67. The molecule has 0 saturated carbocycles. The molecule has 1 aromatic carbocycles. The first kappa shape index (κ1) is 8.97. The smallest absolute Gasteiger partial charge is 0.110 e. The lowest BCUT2D eigenvalue weighted by Crippen LogP contribution is -2.01. The van der Waals surface area contributed by atoms with Gasteiger partial charge in [0.05, 0.1) is 18.5 Å². The summed E-state index contributed by atoms with van der Waals surface area (Å²) in [5, 5.41) is 9.13. The minimum absolute atomic E-state index is 0.00966. The van der Waals surface area contributed by atoms with Crippen molar-refractivity contribution >= 4 is 0 Å². The van der Waals surface area contributed by atoms with Crippen LogP contribution in [0.5, 0.6) is 0 Å². The second kappa shape index (κ2) is 3.64. The van der Waals surface area contributed by atoms with Gasteiger partial charge in [-0.05, 0) is 19.1 Å². The Morgan fingerprint density at radius 2 is 2.00 bits per heavy atom. The lowest BCUT2D eigenvalue weighted by molar-refractivity contribution is 0.274. The summed E-state index contributed by atoms with van der Waals surface area (Å²) >= 11 is 0. The lowest BCUT2D eigenvalue weighted by atomic mass is 10.3. The van der Waals surface area contributed by atoms with E-state index in [1.54, 1.807) is 6.20 Å². The lowest BCUT2D eigenvalue weighted by Gasteiger charge is -2.07. The number of hydrogen-bond acceptors (Lipinski definition) is 2. The molecule has 0 bridgehead atoms. The fourth-order valence-electron chi connectivity index (χ4n) is 1.53. The van der Waals surface area contributed by atoms with Crippen molar-refractivity contribution in [2.45, 2.75) is 13.5 Å². The average molecular weight is 188 g/mol. The van der Waals surface area contributed by atoms with Crippen molar-refractivity contribution in [1.82, 2.24) is 9.55 Å². The van der Waals surface area contributed by atoms with Gasteiger partial charge >= 0.3 is 0 Å². The van der Waals surface area contributed by atoms with Crippen LogP contribution in [0.3, 0.4) is 0 Å². The summed E-state index contributed by atoms with van der Waals surface area (Å²) in [6.07, 6.45) is 1.70. The second-order valence-corrected chi connectivity index (χ2v) is 3.13. The molecule has 3 nitrogen and oxygen atoms in total. The van der Waals surface area contributed by atoms with Crippen LogP contribution in [0.15, 0.2) is 36.5 Å². The maximum Gasteiger partial charge on any atom is 0.110 e. The third-order valence-electron chi connectivity index (χ3n) is 2.19. The van der Waals surface area contributed by atoms with Crippen molar-refractivity contribution in [2.75, 3.05) is 0 Å². The predicted molar refractivity (Wildman–Crippen MR) is 54.2 cm³/mol. The van der Waals surface area contributed by atoms with Gasteiger partial charge in [0.1, 0.15) is 5.82 Å². The van der Waals surface area contributed by atoms with Crippen molar-refractivity contribution < 1.29 is 5.11 Å². The van der Waals surface area contributed by atoms with Gasteiger partial charge in [-0.3, -0.25) is 4.57 Å². The van der Waals surface area contributed by atoms with Crippen LogP contribution in [0.2, 0.25) is 0 Å². The van der Waals surface area contributed by atoms with Crippen LogP contribution in [-0.2, 0) is 6.61 Å². The van der Waals surface area contributed by atoms with Gasteiger partial charge in [-0.2, -0.15) is 0 Å². The molecule has 0 atom stereocenters. The van der Waals surface area contributed by atoms with Gasteiger partial charge in [-0.15, -0.1) is 0 Å².